The molecule has 4 nitrogen and oxygen atoms in total. The van der Waals surface area contributed by atoms with Crippen LogP contribution < -0.4 is 4.74 Å². The fraction of sp³-hybridized carbons (Fsp3) is 0.471. The fourth-order valence-corrected chi connectivity index (χ4v) is 2.39. The number of benzene rings is 1. The quantitative estimate of drug-likeness (QED) is 0.776. The second-order valence-corrected chi connectivity index (χ2v) is 5.66. The molecular formula is C17H24N2O2. The van der Waals surface area contributed by atoms with Gasteiger partial charge in [-0.05, 0) is 32.0 Å². The van der Waals surface area contributed by atoms with Crippen LogP contribution in [-0.2, 0) is 6.54 Å². The van der Waals surface area contributed by atoms with Gasteiger partial charge >= 0.3 is 0 Å². The molecule has 0 saturated carbocycles. The third-order valence-electron chi connectivity index (χ3n) is 3.08. The first-order valence-electron chi connectivity index (χ1n) is 7.45. The van der Waals surface area contributed by atoms with Gasteiger partial charge in [-0.15, -0.1) is 0 Å². The van der Waals surface area contributed by atoms with Crippen molar-refractivity contribution in [2.24, 2.45) is 5.92 Å². The van der Waals surface area contributed by atoms with Gasteiger partial charge in [0.25, 0.3) is 0 Å². The van der Waals surface area contributed by atoms with Crippen molar-refractivity contribution in [1.29, 1.82) is 0 Å². The minimum atomic E-state index is 0.618. The highest BCUT2D eigenvalue weighted by molar-refractivity contribution is 5.62. The number of para-hydroxylation sites is 1. The zero-order chi connectivity index (χ0) is 15.2. The monoisotopic (exact) mass is 288 g/mol. The Morgan fingerprint density at radius 3 is 2.76 bits per heavy atom. The van der Waals surface area contributed by atoms with Gasteiger partial charge < -0.3 is 14.1 Å². The van der Waals surface area contributed by atoms with Crippen LogP contribution in [0.3, 0.4) is 0 Å². The topological polar surface area (TPSA) is 38.5 Å². The summed E-state index contributed by atoms with van der Waals surface area (Å²) in [5, 5.41) is 0. The minimum absolute atomic E-state index is 0.618. The summed E-state index contributed by atoms with van der Waals surface area (Å²) in [5.41, 5.74) is 1.84. The summed E-state index contributed by atoms with van der Waals surface area (Å²) >= 11 is 0. The standard InChI is InChI=1S/C17H24N2O2/c1-5-20-16-9-7-6-8-15(16)17-18-14(12-21-17)11-19(4)10-13(2)3/h6-9,12-13H,5,10-11H2,1-4H3. The number of aromatic nitrogens is 1. The van der Waals surface area contributed by atoms with Gasteiger partial charge in [-0.1, -0.05) is 26.0 Å². The van der Waals surface area contributed by atoms with Crippen molar-refractivity contribution in [2.75, 3.05) is 20.2 Å². The van der Waals surface area contributed by atoms with Crippen molar-refractivity contribution in [2.45, 2.75) is 27.3 Å². The van der Waals surface area contributed by atoms with Crippen LogP contribution in [0.2, 0.25) is 0 Å². The first-order chi connectivity index (χ1) is 10.1. The van der Waals surface area contributed by atoms with Crippen molar-refractivity contribution in [3.05, 3.63) is 36.2 Å². The smallest absolute Gasteiger partial charge is 0.229 e. The van der Waals surface area contributed by atoms with Gasteiger partial charge in [-0.25, -0.2) is 4.98 Å². The molecule has 0 N–H and O–H groups in total. The lowest BCUT2D eigenvalue weighted by Crippen LogP contribution is -2.22. The minimum Gasteiger partial charge on any atom is -0.493 e. The molecule has 21 heavy (non-hydrogen) atoms. The van der Waals surface area contributed by atoms with E-state index in [1.165, 1.54) is 0 Å². The summed E-state index contributed by atoms with van der Waals surface area (Å²) in [6, 6.07) is 7.83. The van der Waals surface area contributed by atoms with Crippen LogP contribution in [-0.4, -0.2) is 30.1 Å². The highest BCUT2D eigenvalue weighted by Crippen LogP contribution is 2.29. The first-order valence-corrected chi connectivity index (χ1v) is 7.45. The SMILES string of the molecule is CCOc1ccccc1-c1nc(CN(C)CC(C)C)co1. The molecular weight excluding hydrogens is 264 g/mol. The van der Waals surface area contributed by atoms with Crippen LogP contribution in [0.1, 0.15) is 26.5 Å². The van der Waals surface area contributed by atoms with E-state index in [0.29, 0.717) is 18.4 Å². The maximum atomic E-state index is 5.63. The molecule has 0 radical (unpaired) electrons. The van der Waals surface area contributed by atoms with Gasteiger partial charge in [0.05, 0.1) is 17.9 Å². The molecule has 0 aliphatic carbocycles. The molecule has 0 atom stereocenters. The molecule has 0 aliphatic rings. The number of ether oxygens (including phenoxy) is 1. The zero-order valence-electron chi connectivity index (χ0n) is 13.3. The molecule has 1 aromatic heterocycles. The van der Waals surface area contributed by atoms with Crippen molar-refractivity contribution < 1.29 is 9.15 Å². The normalized spacial score (nSPS) is 11.3. The van der Waals surface area contributed by atoms with Crippen LogP contribution in [0.5, 0.6) is 5.75 Å². The van der Waals surface area contributed by atoms with E-state index < -0.39 is 0 Å². The van der Waals surface area contributed by atoms with E-state index in [9.17, 15) is 0 Å². The Balaban J connectivity index is 2.13. The predicted octanol–water partition coefficient (Wildman–Crippen LogP) is 3.83. The molecule has 0 spiro atoms. The van der Waals surface area contributed by atoms with Crippen LogP contribution in [0.15, 0.2) is 34.9 Å². The molecule has 2 aromatic rings. The summed E-state index contributed by atoms with van der Waals surface area (Å²) in [5.74, 6) is 2.07. The van der Waals surface area contributed by atoms with Crippen molar-refractivity contribution in [3.8, 4) is 17.2 Å². The van der Waals surface area contributed by atoms with Crippen LogP contribution >= 0.6 is 0 Å². The van der Waals surface area contributed by atoms with Crippen LogP contribution in [0, 0.1) is 5.92 Å². The second-order valence-electron chi connectivity index (χ2n) is 5.66. The number of hydrogen-bond acceptors (Lipinski definition) is 4. The second kappa shape index (κ2) is 7.27. The molecule has 0 amide bonds. The van der Waals surface area contributed by atoms with Crippen LogP contribution in [0.25, 0.3) is 11.5 Å². The van der Waals surface area contributed by atoms with Gasteiger partial charge in [0.2, 0.25) is 5.89 Å². The number of rotatable bonds is 7. The van der Waals surface area contributed by atoms with E-state index in [1.807, 2.05) is 31.2 Å². The largest absolute Gasteiger partial charge is 0.493 e. The Labute approximate surface area is 126 Å². The summed E-state index contributed by atoms with van der Waals surface area (Å²) in [7, 11) is 2.10. The summed E-state index contributed by atoms with van der Waals surface area (Å²) < 4.78 is 11.2. The van der Waals surface area contributed by atoms with Gasteiger partial charge in [0.15, 0.2) is 0 Å². The Morgan fingerprint density at radius 2 is 2.05 bits per heavy atom. The molecule has 0 aliphatic heterocycles. The summed E-state index contributed by atoms with van der Waals surface area (Å²) in [6.07, 6.45) is 1.73. The first kappa shape index (κ1) is 15.6. The molecule has 4 heteroatoms. The Morgan fingerprint density at radius 1 is 1.29 bits per heavy atom. The molecule has 2 rings (SSSR count). The third-order valence-corrected chi connectivity index (χ3v) is 3.08. The maximum Gasteiger partial charge on any atom is 0.229 e. The molecule has 0 unspecified atom stereocenters. The average Bonchev–Trinajstić information content (AvgIpc) is 2.87. The summed E-state index contributed by atoms with van der Waals surface area (Å²) in [6.45, 7) is 8.85. The lowest BCUT2D eigenvalue weighted by atomic mass is 10.2. The molecule has 1 aromatic carbocycles. The number of hydrogen-bond donors (Lipinski definition) is 0. The van der Waals surface area contributed by atoms with E-state index in [2.05, 4.69) is 30.8 Å². The van der Waals surface area contributed by atoms with E-state index in [0.717, 1.165) is 30.1 Å². The van der Waals surface area contributed by atoms with Gasteiger partial charge in [0, 0.05) is 13.1 Å². The fourth-order valence-electron chi connectivity index (χ4n) is 2.39. The van der Waals surface area contributed by atoms with Gasteiger partial charge in [0.1, 0.15) is 12.0 Å². The molecule has 0 fully saturated rings. The maximum absolute atomic E-state index is 5.63. The van der Waals surface area contributed by atoms with E-state index in [4.69, 9.17) is 9.15 Å². The predicted molar refractivity (Wildman–Crippen MR) is 84.3 cm³/mol. The molecule has 0 bridgehead atoms. The Bertz CT molecular complexity index is 563. The van der Waals surface area contributed by atoms with Crippen LogP contribution in [0.4, 0.5) is 0 Å². The van der Waals surface area contributed by atoms with Gasteiger partial charge in [-0.3, -0.25) is 0 Å². The van der Waals surface area contributed by atoms with Crippen molar-refractivity contribution in [3.63, 3.8) is 0 Å². The van der Waals surface area contributed by atoms with E-state index in [-0.39, 0.29) is 0 Å². The number of oxazole rings is 1. The highest BCUT2D eigenvalue weighted by Gasteiger charge is 2.13. The average molecular weight is 288 g/mol. The Hall–Kier alpha value is -1.81. The van der Waals surface area contributed by atoms with Gasteiger partial charge in [-0.2, -0.15) is 0 Å². The van der Waals surface area contributed by atoms with Crippen molar-refractivity contribution >= 4 is 0 Å². The third kappa shape index (κ3) is 4.33. The number of nitrogens with zero attached hydrogens (tertiary/aromatic N) is 2. The Kier molecular flexibility index (Phi) is 5.39. The molecule has 0 saturated heterocycles. The zero-order valence-corrected chi connectivity index (χ0v) is 13.3. The van der Waals surface area contributed by atoms with E-state index >= 15 is 0 Å². The molecule has 1 heterocycles. The lowest BCUT2D eigenvalue weighted by Gasteiger charge is -2.16. The van der Waals surface area contributed by atoms with Crippen molar-refractivity contribution in [1.82, 2.24) is 9.88 Å². The lowest BCUT2D eigenvalue weighted by molar-refractivity contribution is 0.285. The summed E-state index contributed by atoms with van der Waals surface area (Å²) in [4.78, 5) is 6.83. The molecule has 114 valence electrons. The van der Waals surface area contributed by atoms with E-state index in [1.54, 1.807) is 6.26 Å². The highest BCUT2D eigenvalue weighted by atomic mass is 16.5.